The summed E-state index contributed by atoms with van der Waals surface area (Å²) >= 11 is 0. The van der Waals surface area contributed by atoms with E-state index in [0.29, 0.717) is 4.90 Å². The molecule has 22 heavy (non-hydrogen) atoms. The highest BCUT2D eigenvalue weighted by atomic mass is 32.2. The molecule has 0 aliphatic heterocycles. The molecule has 0 bridgehead atoms. The molecule has 0 fully saturated rings. The lowest BCUT2D eigenvalue weighted by Gasteiger charge is -2.30. The van der Waals surface area contributed by atoms with Crippen LogP contribution < -0.4 is 0 Å². The number of fused-ring (bicyclic) bond motifs is 1. The van der Waals surface area contributed by atoms with Crippen molar-refractivity contribution in [3.05, 3.63) is 52.8 Å². The molecule has 0 radical (unpaired) electrons. The Labute approximate surface area is 133 Å². The van der Waals surface area contributed by atoms with Crippen LogP contribution in [0.1, 0.15) is 42.7 Å². The van der Waals surface area contributed by atoms with Crippen molar-refractivity contribution in [2.24, 2.45) is 5.41 Å². The van der Waals surface area contributed by atoms with E-state index < -0.39 is 10.0 Å². The highest BCUT2D eigenvalue weighted by Crippen LogP contribution is 2.38. The molecule has 0 N–H and O–H groups in total. The molecule has 1 aromatic carbocycles. The highest BCUT2D eigenvalue weighted by molar-refractivity contribution is 7.90. The summed E-state index contributed by atoms with van der Waals surface area (Å²) < 4.78 is 27.5. The summed E-state index contributed by atoms with van der Waals surface area (Å²) in [6.45, 7) is 8.39. The van der Waals surface area contributed by atoms with Gasteiger partial charge < -0.3 is 0 Å². The zero-order valence-electron chi connectivity index (χ0n) is 13.7. The highest BCUT2D eigenvalue weighted by Gasteiger charge is 2.32. The summed E-state index contributed by atoms with van der Waals surface area (Å²) in [5, 5.41) is 0. The SMILES string of the molecule is Cc1ccc(S(=O)(=O)n2cc(C)c3c2CC(C)(C)CC3)cc1. The number of aryl methyl sites for hydroxylation is 2. The standard InChI is InChI=1S/C18H23NO2S/c1-13-5-7-15(8-6-13)22(20,21)19-12-14(2)16-9-10-18(3,4)11-17(16)19/h5-8,12H,9-11H2,1-4H3. The molecule has 118 valence electrons. The van der Waals surface area contributed by atoms with Crippen molar-refractivity contribution in [1.82, 2.24) is 3.97 Å². The van der Waals surface area contributed by atoms with Gasteiger partial charge in [-0.2, -0.15) is 0 Å². The first-order valence-corrected chi connectivity index (χ1v) is 9.17. The molecular formula is C18H23NO2S. The molecule has 0 saturated carbocycles. The largest absolute Gasteiger partial charge is 0.267 e. The average Bonchev–Trinajstić information content (AvgIpc) is 2.75. The van der Waals surface area contributed by atoms with Gasteiger partial charge in [0.05, 0.1) is 4.90 Å². The Bertz CT molecular complexity index is 812. The molecule has 3 rings (SSSR count). The van der Waals surface area contributed by atoms with Crippen LogP contribution in [0.15, 0.2) is 35.4 Å². The maximum Gasteiger partial charge on any atom is 0.267 e. The van der Waals surface area contributed by atoms with Crippen LogP contribution >= 0.6 is 0 Å². The Morgan fingerprint density at radius 2 is 1.73 bits per heavy atom. The van der Waals surface area contributed by atoms with E-state index in [4.69, 9.17) is 0 Å². The van der Waals surface area contributed by atoms with Crippen LogP contribution in [0.3, 0.4) is 0 Å². The minimum atomic E-state index is -3.51. The number of aromatic nitrogens is 1. The molecule has 0 atom stereocenters. The Morgan fingerprint density at radius 3 is 2.36 bits per heavy atom. The van der Waals surface area contributed by atoms with Gasteiger partial charge in [0, 0.05) is 11.9 Å². The third-order valence-corrected chi connectivity index (χ3v) is 6.39. The normalized spacial score (nSPS) is 17.3. The number of rotatable bonds is 2. The van der Waals surface area contributed by atoms with E-state index in [1.54, 1.807) is 18.3 Å². The van der Waals surface area contributed by atoms with E-state index >= 15 is 0 Å². The van der Waals surface area contributed by atoms with Crippen molar-refractivity contribution in [3.63, 3.8) is 0 Å². The van der Waals surface area contributed by atoms with Gasteiger partial charge in [-0.15, -0.1) is 0 Å². The van der Waals surface area contributed by atoms with Gasteiger partial charge in [-0.25, -0.2) is 12.4 Å². The van der Waals surface area contributed by atoms with E-state index in [-0.39, 0.29) is 5.41 Å². The van der Waals surface area contributed by atoms with E-state index in [2.05, 4.69) is 13.8 Å². The lowest BCUT2D eigenvalue weighted by Crippen LogP contribution is -2.26. The number of nitrogens with zero attached hydrogens (tertiary/aromatic N) is 1. The van der Waals surface area contributed by atoms with Gasteiger partial charge >= 0.3 is 0 Å². The fraction of sp³-hybridized carbons (Fsp3) is 0.444. The van der Waals surface area contributed by atoms with E-state index in [9.17, 15) is 8.42 Å². The third kappa shape index (κ3) is 2.50. The minimum absolute atomic E-state index is 0.151. The second-order valence-corrected chi connectivity index (χ2v) is 9.01. The quantitative estimate of drug-likeness (QED) is 0.844. The number of hydrogen-bond acceptors (Lipinski definition) is 2. The van der Waals surface area contributed by atoms with Crippen molar-refractivity contribution in [1.29, 1.82) is 0 Å². The van der Waals surface area contributed by atoms with Crippen LogP contribution in [0.5, 0.6) is 0 Å². The Balaban J connectivity index is 2.15. The first-order chi connectivity index (χ1) is 10.2. The van der Waals surface area contributed by atoms with Crippen molar-refractivity contribution >= 4 is 10.0 Å². The van der Waals surface area contributed by atoms with E-state index in [1.165, 1.54) is 9.54 Å². The molecule has 1 heterocycles. The summed E-state index contributed by atoms with van der Waals surface area (Å²) in [4.78, 5) is 0.360. The van der Waals surface area contributed by atoms with Crippen LogP contribution in [0, 0.1) is 19.3 Å². The summed E-state index contributed by atoms with van der Waals surface area (Å²) in [5.74, 6) is 0. The van der Waals surface area contributed by atoms with E-state index in [1.807, 2.05) is 26.0 Å². The molecule has 0 amide bonds. The molecule has 0 spiro atoms. The first kappa shape index (κ1) is 15.3. The molecule has 0 unspecified atom stereocenters. The Hall–Kier alpha value is -1.55. The smallest absolute Gasteiger partial charge is 0.245 e. The molecular weight excluding hydrogens is 294 g/mol. The van der Waals surface area contributed by atoms with Crippen LogP contribution in [0.25, 0.3) is 0 Å². The van der Waals surface area contributed by atoms with Crippen LogP contribution in [-0.2, 0) is 22.9 Å². The van der Waals surface area contributed by atoms with Crippen molar-refractivity contribution in [2.75, 3.05) is 0 Å². The summed E-state index contributed by atoms with van der Waals surface area (Å²) in [6.07, 6.45) is 4.67. The molecule has 2 aromatic rings. The van der Waals surface area contributed by atoms with Gasteiger partial charge in [-0.05, 0) is 61.8 Å². The van der Waals surface area contributed by atoms with Crippen LogP contribution in [0.4, 0.5) is 0 Å². The van der Waals surface area contributed by atoms with Gasteiger partial charge in [-0.1, -0.05) is 31.5 Å². The van der Waals surface area contributed by atoms with Crippen LogP contribution in [0.2, 0.25) is 0 Å². The van der Waals surface area contributed by atoms with Gasteiger partial charge in [0.15, 0.2) is 0 Å². The molecule has 1 aliphatic rings. The average molecular weight is 317 g/mol. The van der Waals surface area contributed by atoms with E-state index in [0.717, 1.165) is 36.1 Å². The molecule has 4 heteroatoms. The fourth-order valence-electron chi connectivity index (χ4n) is 3.26. The van der Waals surface area contributed by atoms with Crippen molar-refractivity contribution < 1.29 is 8.42 Å². The maximum atomic E-state index is 13.0. The topological polar surface area (TPSA) is 39.1 Å². The zero-order valence-corrected chi connectivity index (χ0v) is 14.5. The zero-order chi connectivity index (χ0) is 16.1. The first-order valence-electron chi connectivity index (χ1n) is 7.73. The number of hydrogen-bond donors (Lipinski definition) is 0. The van der Waals surface area contributed by atoms with Gasteiger partial charge in [0.2, 0.25) is 0 Å². The second-order valence-electron chi connectivity index (χ2n) is 7.19. The van der Waals surface area contributed by atoms with Gasteiger partial charge in [-0.3, -0.25) is 0 Å². The summed E-state index contributed by atoms with van der Waals surface area (Å²) in [7, 11) is -3.51. The molecule has 0 saturated heterocycles. The fourth-order valence-corrected chi connectivity index (χ4v) is 4.73. The monoisotopic (exact) mass is 317 g/mol. The molecule has 3 nitrogen and oxygen atoms in total. The summed E-state index contributed by atoms with van der Waals surface area (Å²) in [5.41, 5.74) is 4.48. The van der Waals surface area contributed by atoms with Crippen LogP contribution in [-0.4, -0.2) is 12.4 Å². The lowest BCUT2D eigenvalue weighted by molar-refractivity contribution is 0.310. The molecule has 1 aromatic heterocycles. The lowest BCUT2D eigenvalue weighted by atomic mass is 9.76. The second kappa shape index (κ2) is 4.98. The summed E-state index contributed by atoms with van der Waals surface area (Å²) in [6, 6.07) is 7.08. The minimum Gasteiger partial charge on any atom is -0.245 e. The van der Waals surface area contributed by atoms with Crippen molar-refractivity contribution in [3.8, 4) is 0 Å². The predicted molar refractivity (Wildman–Crippen MR) is 88.7 cm³/mol. The van der Waals surface area contributed by atoms with Gasteiger partial charge in [0.25, 0.3) is 10.0 Å². The molecule has 1 aliphatic carbocycles. The maximum absolute atomic E-state index is 13.0. The predicted octanol–water partition coefficient (Wildman–Crippen LogP) is 3.86. The Kier molecular flexibility index (Phi) is 3.48. The van der Waals surface area contributed by atoms with Gasteiger partial charge in [0.1, 0.15) is 0 Å². The Morgan fingerprint density at radius 1 is 1.09 bits per heavy atom. The third-order valence-electron chi connectivity index (χ3n) is 4.68. The van der Waals surface area contributed by atoms with Crippen molar-refractivity contribution in [2.45, 2.75) is 51.9 Å². The number of benzene rings is 1.